The number of amides is 1. The molecule has 1 aliphatic rings. The molecule has 0 fully saturated rings. The van der Waals surface area contributed by atoms with E-state index in [-0.39, 0.29) is 18.3 Å². The van der Waals surface area contributed by atoms with E-state index in [1.807, 2.05) is 0 Å². The number of halogens is 2. The third-order valence-electron chi connectivity index (χ3n) is 3.73. The molecule has 128 valence electrons. The summed E-state index contributed by atoms with van der Waals surface area (Å²) in [4.78, 5) is 18.3. The van der Waals surface area contributed by atoms with Crippen LogP contribution in [0.25, 0.3) is 11.5 Å². The largest absolute Gasteiger partial charge is 0.415 e. The normalized spacial score (nSPS) is 13.8. The van der Waals surface area contributed by atoms with Gasteiger partial charge >= 0.3 is 6.43 Å². The maximum absolute atomic E-state index is 12.6. The number of fused-ring (bicyclic) bond motifs is 1. The van der Waals surface area contributed by atoms with Crippen LogP contribution in [0.3, 0.4) is 0 Å². The van der Waals surface area contributed by atoms with Crippen molar-refractivity contribution < 1.29 is 22.5 Å². The van der Waals surface area contributed by atoms with E-state index in [0.717, 1.165) is 0 Å². The number of rotatable bonds is 4. The second-order valence-electron chi connectivity index (χ2n) is 5.55. The van der Waals surface area contributed by atoms with E-state index in [2.05, 4.69) is 20.3 Å². The van der Waals surface area contributed by atoms with Crippen molar-refractivity contribution in [1.82, 2.24) is 25.2 Å². The molecule has 10 heteroatoms. The van der Waals surface area contributed by atoms with E-state index < -0.39 is 12.3 Å². The monoisotopic (exact) mass is 347 g/mol. The van der Waals surface area contributed by atoms with Gasteiger partial charge in [0, 0.05) is 12.3 Å². The number of carbonyl (C=O) groups is 1. The Morgan fingerprint density at radius 3 is 2.84 bits per heavy atom. The molecule has 0 saturated heterocycles. The Bertz CT molecular complexity index is 952. The number of alkyl halides is 2. The molecule has 0 spiro atoms. The topological polar surface area (TPSA) is 98.2 Å². The van der Waals surface area contributed by atoms with Gasteiger partial charge in [-0.2, -0.15) is 8.78 Å². The zero-order valence-corrected chi connectivity index (χ0v) is 12.9. The quantitative estimate of drug-likeness (QED) is 0.715. The first-order valence-electron chi connectivity index (χ1n) is 7.33. The molecule has 0 saturated carbocycles. The average Bonchev–Trinajstić information content (AvgIpc) is 3.29. The average molecular weight is 347 g/mol. The fraction of sp³-hybridized carbons (Fsp3) is 0.267. The molecule has 1 amide bonds. The molecule has 0 aromatic carbocycles. The van der Waals surface area contributed by atoms with E-state index in [9.17, 15) is 13.6 Å². The fourth-order valence-corrected chi connectivity index (χ4v) is 2.60. The predicted molar refractivity (Wildman–Crippen MR) is 77.3 cm³/mol. The maximum atomic E-state index is 12.6. The van der Waals surface area contributed by atoms with Crippen LogP contribution in [0.15, 0.2) is 27.3 Å². The first-order chi connectivity index (χ1) is 12.0. The zero-order chi connectivity index (χ0) is 17.6. The Labute approximate surface area is 139 Å². The number of nitrogens with zero attached hydrogens (tertiary/aromatic N) is 5. The molecule has 1 aliphatic heterocycles. The third kappa shape index (κ3) is 2.75. The van der Waals surface area contributed by atoms with Gasteiger partial charge in [0.1, 0.15) is 11.5 Å². The van der Waals surface area contributed by atoms with E-state index in [1.54, 1.807) is 17.9 Å². The van der Waals surface area contributed by atoms with Crippen LogP contribution in [0.1, 0.15) is 39.8 Å². The zero-order valence-electron chi connectivity index (χ0n) is 12.9. The van der Waals surface area contributed by atoms with E-state index in [4.69, 9.17) is 8.94 Å². The van der Waals surface area contributed by atoms with E-state index >= 15 is 0 Å². The van der Waals surface area contributed by atoms with Crippen molar-refractivity contribution >= 4 is 5.91 Å². The summed E-state index contributed by atoms with van der Waals surface area (Å²) >= 11 is 0. The highest BCUT2D eigenvalue weighted by Gasteiger charge is 2.30. The number of aromatic nitrogens is 4. The van der Waals surface area contributed by atoms with Gasteiger partial charge in [0.15, 0.2) is 0 Å². The molecule has 0 N–H and O–H groups in total. The smallest absolute Gasteiger partial charge is 0.314 e. The molecule has 4 heterocycles. The summed E-state index contributed by atoms with van der Waals surface area (Å²) in [6, 6.07) is 3.26. The van der Waals surface area contributed by atoms with Crippen LogP contribution in [0.4, 0.5) is 8.78 Å². The van der Waals surface area contributed by atoms with Crippen LogP contribution in [-0.2, 0) is 13.1 Å². The third-order valence-corrected chi connectivity index (χ3v) is 3.73. The first kappa shape index (κ1) is 15.4. The first-order valence-corrected chi connectivity index (χ1v) is 7.33. The Morgan fingerprint density at radius 2 is 2.16 bits per heavy atom. The van der Waals surface area contributed by atoms with Crippen molar-refractivity contribution in [3.63, 3.8) is 0 Å². The predicted octanol–water partition coefficient (Wildman–Crippen LogP) is 2.52. The minimum absolute atomic E-state index is 0.107. The number of hydrogen-bond acceptors (Lipinski definition) is 7. The van der Waals surface area contributed by atoms with Crippen molar-refractivity contribution in [3.05, 3.63) is 46.9 Å². The van der Waals surface area contributed by atoms with Crippen LogP contribution >= 0.6 is 0 Å². The summed E-state index contributed by atoms with van der Waals surface area (Å²) in [5.41, 5.74) is 1.90. The van der Waals surface area contributed by atoms with E-state index in [0.29, 0.717) is 34.8 Å². The fourth-order valence-electron chi connectivity index (χ4n) is 2.60. The highest BCUT2D eigenvalue weighted by Crippen LogP contribution is 2.28. The number of pyridine rings is 1. The summed E-state index contributed by atoms with van der Waals surface area (Å²) in [7, 11) is 0. The molecule has 8 nitrogen and oxygen atoms in total. The molecule has 0 bridgehead atoms. The molecule has 0 unspecified atom stereocenters. The molecule has 3 aromatic heterocycles. The molecule has 4 rings (SSSR count). The Morgan fingerprint density at radius 1 is 1.32 bits per heavy atom. The summed E-state index contributed by atoms with van der Waals surface area (Å²) in [6.07, 6.45) is -1.44. The molecular formula is C15H11F2N5O3. The van der Waals surface area contributed by atoms with Crippen molar-refractivity contribution in [3.8, 4) is 11.5 Å². The summed E-state index contributed by atoms with van der Waals surface area (Å²) < 4.78 is 35.0. The van der Waals surface area contributed by atoms with Crippen LogP contribution in [0, 0.1) is 6.92 Å². The van der Waals surface area contributed by atoms with Crippen molar-refractivity contribution in [2.24, 2.45) is 0 Å². The molecular weight excluding hydrogens is 336 g/mol. The Balaban J connectivity index is 1.59. The highest BCUT2D eigenvalue weighted by atomic mass is 19.3. The van der Waals surface area contributed by atoms with Crippen LogP contribution in [-0.4, -0.2) is 31.1 Å². The van der Waals surface area contributed by atoms with Gasteiger partial charge in [-0.3, -0.25) is 9.78 Å². The number of hydrogen-bond donors (Lipinski definition) is 0. The van der Waals surface area contributed by atoms with Gasteiger partial charge in [0.05, 0.1) is 29.9 Å². The lowest BCUT2D eigenvalue weighted by molar-refractivity contribution is 0.0762. The van der Waals surface area contributed by atoms with Crippen LogP contribution in [0.2, 0.25) is 0 Å². The lowest BCUT2D eigenvalue weighted by Crippen LogP contribution is -2.23. The van der Waals surface area contributed by atoms with Gasteiger partial charge in [-0.05, 0) is 13.0 Å². The van der Waals surface area contributed by atoms with Gasteiger partial charge in [-0.25, -0.2) is 0 Å². The molecule has 0 atom stereocenters. The SMILES string of the molecule is Cc1cc(CN2Cc3ncc(-c4nnc(C(F)F)o4)cc3C2=O)no1. The van der Waals surface area contributed by atoms with Gasteiger partial charge in [-0.15, -0.1) is 10.2 Å². The lowest BCUT2D eigenvalue weighted by atomic mass is 10.1. The maximum Gasteiger partial charge on any atom is 0.314 e. The second kappa shape index (κ2) is 5.72. The highest BCUT2D eigenvalue weighted by molar-refractivity contribution is 5.98. The summed E-state index contributed by atoms with van der Waals surface area (Å²) in [6.45, 7) is 2.38. The minimum Gasteiger partial charge on any atom is -0.415 e. The summed E-state index contributed by atoms with van der Waals surface area (Å²) in [5, 5.41) is 10.7. The van der Waals surface area contributed by atoms with Crippen molar-refractivity contribution in [2.75, 3.05) is 0 Å². The molecule has 25 heavy (non-hydrogen) atoms. The second-order valence-corrected chi connectivity index (χ2v) is 5.55. The standard InChI is InChI=1S/C15H11F2N5O3/c1-7-2-9(21-25-7)5-22-6-11-10(15(22)23)3-8(4-18-11)13-19-20-14(24-13)12(16)17/h2-4,12H,5-6H2,1H3. The van der Waals surface area contributed by atoms with Crippen molar-refractivity contribution in [2.45, 2.75) is 26.4 Å². The summed E-state index contributed by atoms with van der Waals surface area (Å²) in [5.74, 6) is -0.460. The van der Waals surface area contributed by atoms with Gasteiger partial charge < -0.3 is 13.8 Å². The molecule has 0 aliphatic carbocycles. The van der Waals surface area contributed by atoms with Gasteiger partial charge in [0.25, 0.3) is 11.8 Å². The Hall–Kier alpha value is -3.17. The van der Waals surface area contributed by atoms with Crippen LogP contribution < -0.4 is 0 Å². The lowest BCUT2D eigenvalue weighted by Gasteiger charge is -2.12. The van der Waals surface area contributed by atoms with Crippen molar-refractivity contribution in [1.29, 1.82) is 0 Å². The molecule has 3 aromatic rings. The Kier molecular flexibility index (Phi) is 3.52. The number of carbonyl (C=O) groups excluding carboxylic acids is 1. The van der Waals surface area contributed by atoms with Crippen LogP contribution in [0.5, 0.6) is 0 Å². The van der Waals surface area contributed by atoms with Gasteiger partial charge in [0.2, 0.25) is 5.89 Å². The minimum atomic E-state index is -2.85. The van der Waals surface area contributed by atoms with Gasteiger partial charge in [-0.1, -0.05) is 5.16 Å². The molecule has 0 radical (unpaired) electrons. The number of aryl methyl sites for hydroxylation is 1. The van der Waals surface area contributed by atoms with E-state index in [1.165, 1.54) is 12.3 Å².